The van der Waals surface area contributed by atoms with Crippen molar-refractivity contribution in [2.75, 3.05) is 11.1 Å². The average molecular weight is 393 g/mol. The van der Waals surface area contributed by atoms with Crippen LogP contribution in [0.4, 0.5) is 5.69 Å². The van der Waals surface area contributed by atoms with E-state index in [0.717, 1.165) is 29.4 Å². The van der Waals surface area contributed by atoms with Crippen molar-refractivity contribution in [2.45, 2.75) is 25.0 Å². The van der Waals surface area contributed by atoms with Gasteiger partial charge in [0.25, 0.3) is 0 Å². The quantitative estimate of drug-likeness (QED) is 0.610. The molecule has 5 nitrogen and oxygen atoms in total. The normalized spacial score (nSPS) is 10.8. The van der Waals surface area contributed by atoms with E-state index >= 15 is 0 Å². The van der Waals surface area contributed by atoms with Gasteiger partial charge in [-0.2, -0.15) is 0 Å². The maximum Gasteiger partial charge on any atom is 0.234 e. The standard InChI is InChI=1S/C17H17ClN4OS2/c1-12-9-13(18)4-5-15(12)20-16(23)10-25-17-21-19-11-22(17)7-6-14-3-2-8-24-14/h2-5,8-9,11H,6-7,10H2,1H3,(H,20,23). The zero-order valence-electron chi connectivity index (χ0n) is 13.6. The lowest BCUT2D eigenvalue weighted by molar-refractivity contribution is -0.113. The predicted molar refractivity (Wildman–Crippen MR) is 104 cm³/mol. The van der Waals surface area contributed by atoms with E-state index in [4.69, 9.17) is 11.6 Å². The molecule has 0 atom stereocenters. The molecular weight excluding hydrogens is 376 g/mol. The highest BCUT2D eigenvalue weighted by Crippen LogP contribution is 2.21. The van der Waals surface area contributed by atoms with Crippen LogP contribution in [0.1, 0.15) is 10.4 Å². The molecule has 0 fully saturated rings. The molecule has 0 aliphatic rings. The minimum Gasteiger partial charge on any atom is -0.325 e. The molecule has 0 aliphatic carbocycles. The largest absolute Gasteiger partial charge is 0.325 e. The molecule has 130 valence electrons. The summed E-state index contributed by atoms with van der Waals surface area (Å²) in [7, 11) is 0. The molecule has 1 N–H and O–H groups in total. The summed E-state index contributed by atoms with van der Waals surface area (Å²) in [6.07, 6.45) is 2.64. The van der Waals surface area contributed by atoms with Crippen LogP contribution in [0.15, 0.2) is 47.2 Å². The van der Waals surface area contributed by atoms with Gasteiger partial charge < -0.3 is 9.88 Å². The summed E-state index contributed by atoms with van der Waals surface area (Å²) in [4.78, 5) is 13.5. The first-order valence-corrected chi connectivity index (χ1v) is 9.95. The number of aryl methyl sites for hydroxylation is 3. The van der Waals surface area contributed by atoms with Gasteiger partial charge in [-0.15, -0.1) is 21.5 Å². The van der Waals surface area contributed by atoms with Gasteiger partial charge in [0, 0.05) is 22.1 Å². The van der Waals surface area contributed by atoms with Crippen LogP contribution in [0, 0.1) is 6.92 Å². The molecule has 3 rings (SSSR count). The third kappa shape index (κ3) is 5.07. The van der Waals surface area contributed by atoms with Crippen molar-refractivity contribution in [1.82, 2.24) is 14.8 Å². The number of carbonyl (C=O) groups is 1. The summed E-state index contributed by atoms with van der Waals surface area (Å²) in [6, 6.07) is 9.56. The van der Waals surface area contributed by atoms with E-state index < -0.39 is 0 Å². The van der Waals surface area contributed by atoms with Crippen molar-refractivity contribution in [3.63, 3.8) is 0 Å². The number of carbonyl (C=O) groups excluding carboxylic acids is 1. The van der Waals surface area contributed by atoms with Crippen LogP contribution in [0.5, 0.6) is 0 Å². The lowest BCUT2D eigenvalue weighted by Crippen LogP contribution is -2.15. The summed E-state index contributed by atoms with van der Waals surface area (Å²) >= 11 is 9.05. The number of hydrogen-bond donors (Lipinski definition) is 1. The van der Waals surface area contributed by atoms with E-state index in [1.807, 2.05) is 29.7 Å². The summed E-state index contributed by atoms with van der Waals surface area (Å²) in [5.74, 6) is 0.197. The molecule has 0 saturated heterocycles. The Bertz CT molecular complexity index is 848. The number of anilines is 1. The first kappa shape index (κ1) is 18.0. The molecule has 0 saturated carbocycles. The Balaban J connectivity index is 1.53. The van der Waals surface area contributed by atoms with Crippen molar-refractivity contribution in [3.8, 4) is 0 Å². The van der Waals surface area contributed by atoms with E-state index in [2.05, 4.69) is 27.0 Å². The molecule has 1 amide bonds. The fourth-order valence-electron chi connectivity index (χ4n) is 2.28. The van der Waals surface area contributed by atoms with Gasteiger partial charge in [0.2, 0.25) is 5.91 Å². The third-order valence-corrected chi connectivity index (χ3v) is 5.71. The minimum absolute atomic E-state index is 0.0803. The van der Waals surface area contributed by atoms with Gasteiger partial charge in [-0.3, -0.25) is 4.79 Å². The Morgan fingerprint density at radius 2 is 2.28 bits per heavy atom. The molecule has 2 aromatic heterocycles. The Morgan fingerprint density at radius 1 is 1.40 bits per heavy atom. The molecule has 0 spiro atoms. The molecule has 8 heteroatoms. The zero-order chi connectivity index (χ0) is 17.6. The van der Waals surface area contributed by atoms with Crippen molar-refractivity contribution in [3.05, 3.63) is 57.5 Å². The first-order chi connectivity index (χ1) is 12.1. The molecule has 0 bridgehead atoms. The number of nitrogens with zero attached hydrogens (tertiary/aromatic N) is 3. The van der Waals surface area contributed by atoms with Crippen LogP contribution in [0.25, 0.3) is 0 Å². The molecule has 0 aliphatic heterocycles. The third-order valence-electron chi connectivity index (χ3n) is 3.55. The molecule has 25 heavy (non-hydrogen) atoms. The second-order valence-electron chi connectivity index (χ2n) is 5.43. The average Bonchev–Trinajstić information content (AvgIpc) is 3.25. The second kappa shape index (κ2) is 8.51. The zero-order valence-corrected chi connectivity index (χ0v) is 16.0. The summed E-state index contributed by atoms with van der Waals surface area (Å²) < 4.78 is 1.98. The van der Waals surface area contributed by atoms with Gasteiger partial charge in [-0.1, -0.05) is 29.4 Å². The molecular formula is C17H17ClN4OS2. The summed E-state index contributed by atoms with van der Waals surface area (Å²) in [5, 5.41) is 14.4. The van der Waals surface area contributed by atoms with E-state index in [9.17, 15) is 4.79 Å². The first-order valence-electron chi connectivity index (χ1n) is 7.71. The number of nitrogens with one attached hydrogen (secondary N) is 1. The maximum atomic E-state index is 12.2. The monoisotopic (exact) mass is 392 g/mol. The van der Waals surface area contributed by atoms with Crippen LogP contribution < -0.4 is 5.32 Å². The van der Waals surface area contributed by atoms with Crippen molar-refractivity contribution in [1.29, 1.82) is 0 Å². The van der Waals surface area contributed by atoms with Gasteiger partial charge in [0.15, 0.2) is 5.16 Å². The molecule has 0 radical (unpaired) electrons. The van der Waals surface area contributed by atoms with Crippen LogP contribution in [-0.4, -0.2) is 26.4 Å². The van der Waals surface area contributed by atoms with E-state index in [1.54, 1.807) is 23.7 Å². The Hall–Kier alpha value is -1.83. The van der Waals surface area contributed by atoms with E-state index in [1.165, 1.54) is 16.6 Å². The fraction of sp³-hybridized carbons (Fsp3) is 0.235. The highest BCUT2D eigenvalue weighted by atomic mass is 35.5. The summed E-state index contributed by atoms with van der Waals surface area (Å²) in [6.45, 7) is 2.71. The Morgan fingerprint density at radius 3 is 3.04 bits per heavy atom. The number of rotatable bonds is 7. The topological polar surface area (TPSA) is 59.8 Å². The number of halogens is 1. The lowest BCUT2D eigenvalue weighted by atomic mass is 10.2. The Labute approximate surface area is 159 Å². The van der Waals surface area contributed by atoms with Crippen LogP contribution in [0.3, 0.4) is 0 Å². The summed E-state index contributed by atoms with van der Waals surface area (Å²) in [5.41, 5.74) is 1.71. The van der Waals surface area contributed by atoms with E-state index in [-0.39, 0.29) is 11.7 Å². The number of aromatic nitrogens is 3. The second-order valence-corrected chi connectivity index (χ2v) is 7.84. The molecule has 2 heterocycles. The smallest absolute Gasteiger partial charge is 0.234 e. The van der Waals surface area contributed by atoms with Gasteiger partial charge in [0.1, 0.15) is 6.33 Å². The number of hydrogen-bond acceptors (Lipinski definition) is 5. The highest BCUT2D eigenvalue weighted by Gasteiger charge is 2.10. The fourth-order valence-corrected chi connectivity index (χ4v) is 3.95. The minimum atomic E-state index is -0.0803. The van der Waals surface area contributed by atoms with Crippen molar-refractivity contribution >= 4 is 46.3 Å². The predicted octanol–water partition coefficient (Wildman–Crippen LogP) is 4.27. The Kier molecular flexibility index (Phi) is 6.12. The van der Waals surface area contributed by atoms with Gasteiger partial charge in [-0.25, -0.2) is 0 Å². The van der Waals surface area contributed by atoms with Crippen molar-refractivity contribution in [2.24, 2.45) is 0 Å². The maximum absolute atomic E-state index is 12.2. The highest BCUT2D eigenvalue weighted by molar-refractivity contribution is 7.99. The van der Waals surface area contributed by atoms with Gasteiger partial charge in [0.05, 0.1) is 5.75 Å². The molecule has 3 aromatic rings. The van der Waals surface area contributed by atoms with Crippen LogP contribution in [-0.2, 0) is 17.8 Å². The lowest BCUT2D eigenvalue weighted by Gasteiger charge is -2.09. The number of thioether (sulfide) groups is 1. The van der Waals surface area contributed by atoms with E-state index in [0.29, 0.717) is 5.02 Å². The molecule has 1 aromatic carbocycles. The van der Waals surface area contributed by atoms with Crippen LogP contribution >= 0.6 is 34.7 Å². The SMILES string of the molecule is Cc1cc(Cl)ccc1NC(=O)CSc1nncn1CCc1cccs1. The molecule has 0 unspecified atom stereocenters. The number of thiophene rings is 1. The number of amides is 1. The van der Waals surface area contributed by atoms with Crippen molar-refractivity contribution < 1.29 is 4.79 Å². The van der Waals surface area contributed by atoms with Crippen LogP contribution in [0.2, 0.25) is 5.02 Å². The van der Waals surface area contributed by atoms with Gasteiger partial charge in [-0.05, 0) is 48.6 Å². The number of benzene rings is 1. The van der Waals surface area contributed by atoms with Gasteiger partial charge >= 0.3 is 0 Å².